The highest BCUT2D eigenvalue weighted by Crippen LogP contribution is 2.43. The van der Waals surface area contributed by atoms with Gasteiger partial charge in [0.25, 0.3) is 5.95 Å². The van der Waals surface area contributed by atoms with Crippen LogP contribution in [0.15, 0.2) is 60.7 Å². The van der Waals surface area contributed by atoms with Crippen molar-refractivity contribution in [1.29, 1.82) is 0 Å². The fraction of sp³-hybridized carbons (Fsp3) is 0.160. The van der Waals surface area contributed by atoms with E-state index in [-0.39, 0.29) is 23.8 Å². The Morgan fingerprint density at radius 2 is 1.70 bits per heavy atom. The number of fused-ring (bicyclic) bond motifs is 1. The molecule has 4 aromatic rings. The zero-order valence-electron chi connectivity index (χ0n) is 18.1. The summed E-state index contributed by atoms with van der Waals surface area (Å²) < 4.78 is 1.59. The summed E-state index contributed by atoms with van der Waals surface area (Å²) in [6.07, 6.45) is 0.221. The Morgan fingerprint density at radius 1 is 1.03 bits per heavy atom. The van der Waals surface area contributed by atoms with Crippen LogP contribution < -0.4 is 5.32 Å². The Morgan fingerprint density at radius 3 is 2.33 bits per heavy atom. The Bertz CT molecular complexity index is 1360. The maximum atomic E-state index is 12.8. The maximum Gasteiger partial charge on any atom is 0.335 e. The lowest BCUT2D eigenvalue weighted by Gasteiger charge is -2.24. The second-order valence-corrected chi connectivity index (χ2v) is 8.07. The van der Waals surface area contributed by atoms with Gasteiger partial charge in [-0.3, -0.25) is 4.79 Å². The van der Waals surface area contributed by atoms with Crippen LogP contribution in [0.3, 0.4) is 0 Å². The predicted molar refractivity (Wildman–Crippen MR) is 123 cm³/mol. The van der Waals surface area contributed by atoms with Crippen molar-refractivity contribution in [2.45, 2.75) is 26.2 Å². The van der Waals surface area contributed by atoms with Crippen molar-refractivity contribution >= 4 is 17.7 Å². The molecule has 33 heavy (non-hydrogen) atoms. The van der Waals surface area contributed by atoms with Crippen LogP contribution in [0.1, 0.15) is 45.2 Å². The Hall–Kier alpha value is -4.33. The third-order valence-corrected chi connectivity index (χ3v) is 5.68. The van der Waals surface area contributed by atoms with Gasteiger partial charge < -0.3 is 10.4 Å². The average Bonchev–Trinajstić information content (AvgIpc) is 3.18. The number of carboxylic acids is 1. The quantitative estimate of drug-likeness (QED) is 0.495. The number of aromatic nitrogens is 4. The van der Waals surface area contributed by atoms with Gasteiger partial charge in [-0.15, -0.1) is 0 Å². The third-order valence-electron chi connectivity index (χ3n) is 5.68. The highest BCUT2D eigenvalue weighted by Gasteiger charge is 2.35. The van der Waals surface area contributed by atoms with E-state index in [0.29, 0.717) is 11.8 Å². The molecular weight excluding hydrogens is 418 g/mol. The summed E-state index contributed by atoms with van der Waals surface area (Å²) in [5, 5.41) is 17.1. The van der Waals surface area contributed by atoms with Gasteiger partial charge in [-0.05, 0) is 37.6 Å². The Labute approximate surface area is 190 Å². The molecule has 3 heterocycles. The number of benzene rings is 2. The number of amides is 1. The summed E-state index contributed by atoms with van der Waals surface area (Å²) in [6, 6.07) is 18.3. The lowest BCUT2D eigenvalue weighted by atomic mass is 9.84. The molecule has 8 heteroatoms. The van der Waals surface area contributed by atoms with E-state index in [1.54, 1.807) is 28.9 Å². The number of aromatic carboxylic acids is 1. The summed E-state index contributed by atoms with van der Waals surface area (Å²) in [7, 11) is 0. The number of hydrogen-bond acceptors (Lipinski definition) is 5. The van der Waals surface area contributed by atoms with Crippen LogP contribution in [0.5, 0.6) is 0 Å². The molecule has 5 rings (SSSR count). The number of anilines is 1. The molecule has 1 atom stereocenters. The molecule has 0 radical (unpaired) electrons. The SMILES string of the molecule is Cc1cc(C)nc(-n2nc(-c3ccccc3)c3c2NC(=O)C[C@@H]3c2ccc(C(=O)O)cc2)n1. The van der Waals surface area contributed by atoms with Crippen LogP contribution in [-0.4, -0.2) is 36.7 Å². The van der Waals surface area contributed by atoms with E-state index >= 15 is 0 Å². The molecule has 1 amide bonds. The van der Waals surface area contributed by atoms with Crippen molar-refractivity contribution < 1.29 is 14.7 Å². The van der Waals surface area contributed by atoms with Crippen molar-refractivity contribution in [3.05, 3.63) is 88.7 Å². The first-order chi connectivity index (χ1) is 15.9. The molecule has 0 saturated carbocycles. The normalized spacial score (nSPS) is 15.1. The highest BCUT2D eigenvalue weighted by atomic mass is 16.4. The minimum Gasteiger partial charge on any atom is -0.478 e. The predicted octanol–water partition coefficient (Wildman–Crippen LogP) is 4.12. The van der Waals surface area contributed by atoms with Gasteiger partial charge in [0.2, 0.25) is 5.91 Å². The van der Waals surface area contributed by atoms with Crippen molar-refractivity contribution in [2.24, 2.45) is 0 Å². The molecule has 0 fully saturated rings. The van der Waals surface area contributed by atoms with Crippen LogP contribution in [-0.2, 0) is 4.79 Å². The molecule has 1 aliphatic heterocycles. The fourth-order valence-electron chi connectivity index (χ4n) is 4.25. The Balaban J connectivity index is 1.75. The van der Waals surface area contributed by atoms with Crippen LogP contribution in [0.4, 0.5) is 5.82 Å². The van der Waals surface area contributed by atoms with E-state index in [1.165, 1.54) is 0 Å². The monoisotopic (exact) mass is 439 g/mol. The maximum absolute atomic E-state index is 12.8. The van der Waals surface area contributed by atoms with Gasteiger partial charge in [0.1, 0.15) is 5.82 Å². The van der Waals surface area contributed by atoms with Gasteiger partial charge in [-0.2, -0.15) is 9.78 Å². The van der Waals surface area contributed by atoms with E-state index < -0.39 is 5.97 Å². The number of aryl methyl sites for hydroxylation is 2. The second kappa shape index (κ2) is 7.98. The van der Waals surface area contributed by atoms with Gasteiger partial charge in [-0.1, -0.05) is 42.5 Å². The zero-order chi connectivity index (χ0) is 23.1. The van der Waals surface area contributed by atoms with Gasteiger partial charge in [-0.25, -0.2) is 14.8 Å². The molecule has 2 aromatic heterocycles. The number of hydrogen-bond donors (Lipinski definition) is 2. The van der Waals surface area contributed by atoms with Crippen LogP contribution in [0.2, 0.25) is 0 Å². The molecule has 0 spiro atoms. The molecule has 1 aliphatic rings. The summed E-state index contributed by atoms with van der Waals surface area (Å²) in [6.45, 7) is 3.77. The standard InChI is InChI=1S/C25H21N5O3/c1-14-12-15(2)27-25(26-14)30-23-21(22(29-30)17-6-4-3-5-7-17)19(13-20(31)28-23)16-8-10-18(11-9-16)24(32)33/h3-12,19H,13H2,1-2H3,(H,28,31)(H,32,33)/t19-/m1/s1. The van der Waals surface area contributed by atoms with Crippen molar-refractivity contribution in [3.63, 3.8) is 0 Å². The summed E-state index contributed by atoms with van der Waals surface area (Å²) in [4.78, 5) is 33.2. The van der Waals surface area contributed by atoms with Gasteiger partial charge in [0, 0.05) is 34.9 Å². The van der Waals surface area contributed by atoms with Gasteiger partial charge >= 0.3 is 5.97 Å². The minimum absolute atomic E-state index is 0.153. The second-order valence-electron chi connectivity index (χ2n) is 8.07. The summed E-state index contributed by atoms with van der Waals surface area (Å²) >= 11 is 0. The van der Waals surface area contributed by atoms with E-state index in [1.807, 2.05) is 50.2 Å². The Kier molecular flexibility index (Phi) is 4.97. The molecule has 0 unspecified atom stereocenters. The molecule has 0 bridgehead atoms. The van der Waals surface area contributed by atoms with Crippen LogP contribution in [0.25, 0.3) is 17.2 Å². The van der Waals surface area contributed by atoms with E-state index in [2.05, 4.69) is 15.3 Å². The van der Waals surface area contributed by atoms with Gasteiger partial charge in [0.15, 0.2) is 0 Å². The number of nitrogens with one attached hydrogen (secondary N) is 1. The molecule has 8 nitrogen and oxygen atoms in total. The molecule has 2 aromatic carbocycles. The summed E-state index contributed by atoms with van der Waals surface area (Å²) in [5.74, 6) is -0.532. The van der Waals surface area contributed by atoms with Crippen LogP contribution in [0, 0.1) is 13.8 Å². The average molecular weight is 439 g/mol. The van der Waals surface area contributed by atoms with Crippen molar-refractivity contribution in [2.75, 3.05) is 5.32 Å². The fourth-order valence-corrected chi connectivity index (χ4v) is 4.25. The largest absolute Gasteiger partial charge is 0.478 e. The zero-order valence-corrected chi connectivity index (χ0v) is 18.1. The minimum atomic E-state index is -0.992. The third kappa shape index (κ3) is 3.76. The lowest BCUT2D eigenvalue weighted by molar-refractivity contribution is -0.116. The number of carboxylic acid groups (broad SMARTS) is 1. The number of carbonyl (C=O) groups is 2. The number of rotatable bonds is 4. The first-order valence-electron chi connectivity index (χ1n) is 10.5. The number of carbonyl (C=O) groups excluding carboxylic acids is 1. The number of nitrogens with zero attached hydrogens (tertiary/aromatic N) is 4. The van der Waals surface area contributed by atoms with Gasteiger partial charge in [0.05, 0.1) is 11.3 Å². The molecular formula is C25H21N5O3. The van der Waals surface area contributed by atoms with Crippen molar-refractivity contribution in [1.82, 2.24) is 19.7 Å². The van der Waals surface area contributed by atoms with E-state index in [0.717, 1.165) is 33.8 Å². The van der Waals surface area contributed by atoms with Crippen LogP contribution >= 0.6 is 0 Å². The first-order valence-corrected chi connectivity index (χ1v) is 10.5. The van der Waals surface area contributed by atoms with E-state index in [9.17, 15) is 14.7 Å². The first kappa shape index (κ1) is 20.6. The lowest BCUT2D eigenvalue weighted by Crippen LogP contribution is -2.25. The smallest absolute Gasteiger partial charge is 0.335 e. The van der Waals surface area contributed by atoms with E-state index in [4.69, 9.17) is 5.10 Å². The topological polar surface area (TPSA) is 110 Å². The highest BCUT2D eigenvalue weighted by molar-refractivity contribution is 5.96. The molecule has 0 saturated heterocycles. The molecule has 2 N–H and O–H groups in total. The molecule has 0 aliphatic carbocycles. The van der Waals surface area contributed by atoms with Crippen molar-refractivity contribution in [3.8, 4) is 17.2 Å². The summed E-state index contributed by atoms with van der Waals surface area (Å²) in [5.41, 5.74) is 5.11. The molecule has 164 valence electrons.